The monoisotopic (exact) mass is 238 g/mol. The number of hydrogen-bond donors (Lipinski definition) is 0. The summed E-state index contributed by atoms with van der Waals surface area (Å²) in [5, 5.41) is 9.16. The van der Waals surface area contributed by atoms with E-state index in [-0.39, 0.29) is 0 Å². The molecule has 4 heteroatoms. The van der Waals surface area contributed by atoms with E-state index in [9.17, 15) is 0 Å². The Hall–Kier alpha value is -1.40. The lowest BCUT2D eigenvalue weighted by atomic mass is 10.2. The fourth-order valence-electron chi connectivity index (χ4n) is 1.48. The van der Waals surface area contributed by atoms with Gasteiger partial charge in [-0.25, -0.2) is 0 Å². The molecule has 0 fully saturated rings. The standard InChI is InChI=1S/C12H15ClN2O/c1-15(8-4-3-7-14)11-9-10(13)5-6-12(11)16-2/h5-6,9H,3-4,8H2,1-2H3. The van der Waals surface area contributed by atoms with Gasteiger partial charge in [-0.05, 0) is 24.6 Å². The highest BCUT2D eigenvalue weighted by atomic mass is 35.5. The zero-order valence-electron chi connectivity index (χ0n) is 9.53. The van der Waals surface area contributed by atoms with E-state index in [0.29, 0.717) is 11.4 Å². The molecule has 0 spiro atoms. The number of anilines is 1. The smallest absolute Gasteiger partial charge is 0.142 e. The average molecular weight is 239 g/mol. The van der Waals surface area contributed by atoms with Crippen molar-refractivity contribution in [3.8, 4) is 11.8 Å². The fraction of sp³-hybridized carbons (Fsp3) is 0.417. The molecule has 0 N–H and O–H groups in total. The van der Waals surface area contributed by atoms with E-state index in [1.807, 2.05) is 24.1 Å². The van der Waals surface area contributed by atoms with E-state index in [1.54, 1.807) is 13.2 Å². The molecule has 0 aliphatic heterocycles. The van der Waals surface area contributed by atoms with Gasteiger partial charge in [0.2, 0.25) is 0 Å². The molecule has 16 heavy (non-hydrogen) atoms. The van der Waals surface area contributed by atoms with E-state index in [0.717, 1.165) is 24.4 Å². The molecule has 0 aromatic heterocycles. The Morgan fingerprint density at radius 3 is 2.88 bits per heavy atom. The van der Waals surface area contributed by atoms with Gasteiger partial charge in [0.05, 0.1) is 18.9 Å². The summed E-state index contributed by atoms with van der Waals surface area (Å²) in [5.41, 5.74) is 0.952. The van der Waals surface area contributed by atoms with Crippen molar-refractivity contribution in [2.24, 2.45) is 0 Å². The summed E-state index contributed by atoms with van der Waals surface area (Å²) in [6, 6.07) is 7.64. The van der Waals surface area contributed by atoms with Gasteiger partial charge in [0.25, 0.3) is 0 Å². The minimum atomic E-state index is 0.563. The second-order valence-electron chi connectivity index (χ2n) is 3.50. The number of rotatable bonds is 5. The lowest BCUT2D eigenvalue weighted by Crippen LogP contribution is -2.19. The second-order valence-corrected chi connectivity index (χ2v) is 3.94. The van der Waals surface area contributed by atoms with E-state index >= 15 is 0 Å². The van der Waals surface area contributed by atoms with Crippen LogP contribution in [0.4, 0.5) is 5.69 Å². The minimum absolute atomic E-state index is 0.563. The Morgan fingerprint density at radius 1 is 1.50 bits per heavy atom. The SMILES string of the molecule is COc1ccc(Cl)cc1N(C)CCCC#N. The summed E-state index contributed by atoms with van der Waals surface area (Å²) in [6.07, 6.45) is 1.40. The first-order chi connectivity index (χ1) is 7.69. The predicted octanol–water partition coefficient (Wildman–Crippen LogP) is 3.09. The van der Waals surface area contributed by atoms with Crippen LogP contribution in [0.5, 0.6) is 5.75 Å². The van der Waals surface area contributed by atoms with Crippen molar-refractivity contribution in [2.75, 3.05) is 25.6 Å². The number of benzene rings is 1. The summed E-state index contributed by atoms with van der Waals surface area (Å²) in [5.74, 6) is 0.795. The normalized spacial score (nSPS) is 9.62. The highest BCUT2D eigenvalue weighted by molar-refractivity contribution is 6.30. The molecule has 1 aromatic rings. The van der Waals surface area contributed by atoms with Crippen LogP contribution >= 0.6 is 11.6 Å². The summed E-state index contributed by atoms with van der Waals surface area (Å²) in [4.78, 5) is 2.04. The van der Waals surface area contributed by atoms with Gasteiger partial charge < -0.3 is 9.64 Å². The second kappa shape index (κ2) is 6.24. The van der Waals surface area contributed by atoms with E-state index in [4.69, 9.17) is 21.6 Å². The van der Waals surface area contributed by atoms with E-state index in [2.05, 4.69) is 6.07 Å². The zero-order chi connectivity index (χ0) is 12.0. The Bertz CT molecular complexity index is 387. The molecule has 0 atom stereocenters. The maximum Gasteiger partial charge on any atom is 0.142 e. The van der Waals surface area contributed by atoms with Gasteiger partial charge in [0, 0.05) is 25.0 Å². The number of halogens is 1. The van der Waals surface area contributed by atoms with Crippen LogP contribution in [-0.2, 0) is 0 Å². The van der Waals surface area contributed by atoms with Crippen LogP contribution in [0.1, 0.15) is 12.8 Å². The van der Waals surface area contributed by atoms with Gasteiger partial charge in [0.15, 0.2) is 0 Å². The Labute approximate surface area is 101 Å². The fourth-order valence-corrected chi connectivity index (χ4v) is 1.64. The maximum atomic E-state index is 8.48. The van der Waals surface area contributed by atoms with E-state index in [1.165, 1.54) is 0 Å². The summed E-state index contributed by atoms with van der Waals surface area (Å²) in [7, 11) is 3.60. The van der Waals surface area contributed by atoms with Crippen LogP contribution in [0, 0.1) is 11.3 Å². The third-order valence-electron chi connectivity index (χ3n) is 2.33. The van der Waals surface area contributed by atoms with Crippen LogP contribution < -0.4 is 9.64 Å². The summed E-state index contributed by atoms with van der Waals surface area (Å²) >= 11 is 5.94. The van der Waals surface area contributed by atoms with Gasteiger partial charge >= 0.3 is 0 Å². The Balaban J connectivity index is 2.77. The molecular formula is C12H15ClN2O. The van der Waals surface area contributed by atoms with Gasteiger partial charge in [0.1, 0.15) is 5.75 Å². The number of ether oxygens (including phenoxy) is 1. The molecule has 1 rings (SSSR count). The highest BCUT2D eigenvalue weighted by Crippen LogP contribution is 2.30. The molecule has 0 radical (unpaired) electrons. The van der Waals surface area contributed by atoms with Crippen molar-refractivity contribution < 1.29 is 4.74 Å². The first-order valence-corrected chi connectivity index (χ1v) is 5.48. The number of hydrogen-bond acceptors (Lipinski definition) is 3. The molecule has 1 aromatic carbocycles. The molecule has 0 heterocycles. The van der Waals surface area contributed by atoms with Crippen LogP contribution in [0.3, 0.4) is 0 Å². The predicted molar refractivity (Wildman–Crippen MR) is 66.1 cm³/mol. The van der Waals surface area contributed by atoms with Gasteiger partial charge in [-0.2, -0.15) is 5.26 Å². The lowest BCUT2D eigenvalue weighted by Gasteiger charge is -2.21. The minimum Gasteiger partial charge on any atom is -0.495 e. The van der Waals surface area contributed by atoms with Crippen molar-refractivity contribution in [3.63, 3.8) is 0 Å². The molecule has 3 nitrogen and oxygen atoms in total. The van der Waals surface area contributed by atoms with Crippen LogP contribution in [-0.4, -0.2) is 20.7 Å². The average Bonchev–Trinajstić information content (AvgIpc) is 2.29. The topological polar surface area (TPSA) is 36.3 Å². The number of nitriles is 1. The molecule has 0 amide bonds. The lowest BCUT2D eigenvalue weighted by molar-refractivity contribution is 0.415. The maximum absolute atomic E-state index is 8.48. The number of methoxy groups -OCH3 is 1. The van der Waals surface area contributed by atoms with Crippen LogP contribution in [0.25, 0.3) is 0 Å². The van der Waals surface area contributed by atoms with Crippen molar-refractivity contribution >= 4 is 17.3 Å². The van der Waals surface area contributed by atoms with Crippen molar-refractivity contribution in [3.05, 3.63) is 23.2 Å². The molecule has 0 saturated heterocycles. The van der Waals surface area contributed by atoms with Gasteiger partial charge in [-0.15, -0.1) is 0 Å². The first-order valence-electron chi connectivity index (χ1n) is 5.10. The summed E-state index contributed by atoms with van der Waals surface area (Å²) < 4.78 is 5.26. The quantitative estimate of drug-likeness (QED) is 0.740. The van der Waals surface area contributed by atoms with Crippen LogP contribution in [0.15, 0.2) is 18.2 Å². The zero-order valence-corrected chi connectivity index (χ0v) is 10.3. The molecule has 0 unspecified atom stereocenters. The molecule has 0 aliphatic rings. The van der Waals surface area contributed by atoms with Gasteiger partial charge in [-0.1, -0.05) is 11.6 Å². The molecule has 0 aliphatic carbocycles. The van der Waals surface area contributed by atoms with E-state index < -0.39 is 0 Å². The van der Waals surface area contributed by atoms with Gasteiger partial charge in [-0.3, -0.25) is 0 Å². The van der Waals surface area contributed by atoms with Crippen molar-refractivity contribution in [1.29, 1.82) is 5.26 Å². The number of unbranched alkanes of at least 4 members (excludes halogenated alkanes) is 1. The van der Waals surface area contributed by atoms with Crippen molar-refractivity contribution in [1.82, 2.24) is 0 Å². The number of nitrogens with zero attached hydrogens (tertiary/aromatic N) is 2. The first kappa shape index (κ1) is 12.7. The summed E-state index contributed by atoms with van der Waals surface area (Å²) in [6.45, 7) is 0.810. The molecule has 0 bridgehead atoms. The molecular weight excluding hydrogens is 224 g/mol. The largest absolute Gasteiger partial charge is 0.495 e. The Morgan fingerprint density at radius 2 is 2.25 bits per heavy atom. The highest BCUT2D eigenvalue weighted by Gasteiger charge is 2.08. The third-order valence-corrected chi connectivity index (χ3v) is 2.57. The van der Waals surface area contributed by atoms with Crippen LogP contribution in [0.2, 0.25) is 5.02 Å². The third kappa shape index (κ3) is 3.32. The molecule has 0 saturated carbocycles. The molecule has 86 valence electrons. The Kier molecular flexibility index (Phi) is 4.94. The van der Waals surface area contributed by atoms with Crippen molar-refractivity contribution in [2.45, 2.75) is 12.8 Å².